The summed E-state index contributed by atoms with van der Waals surface area (Å²) in [4.78, 5) is 24.4. The van der Waals surface area contributed by atoms with E-state index in [0.29, 0.717) is 30.9 Å². The van der Waals surface area contributed by atoms with E-state index in [9.17, 15) is 9.59 Å². The van der Waals surface area contributed by atoms with E-state index in [1.807, 2.05) is 31.2 Å². The molecule has 29 heavy (non-hydrogen) atoms. The third-order valence-electron chi connectivity index (χ3n) is 6.80. The van der Waals surface area contributed by atoms with Gasteiger partial charge < -0.3 is 14.2 Å². The highest BCUT2D eigenvalue weighted by Gasteiger charge is 2.66. The molecule has 2 fully saturated rings. The van der Waals surface area contributed by atoms with Crippen LogP contribution in [-0.2, 0) is 19.0 Å². The zero-order valence-electron chi connectivity index (χ0n) is 17.6. The molecule has 0 amide bonds. The molecular formula is C24H30O5. The quantitative estimate of drug-likeness (QED) is 0.431. The maximum Gasteiger partial charge on any atom is 0.338 e. The molecule has 1 heterocycles. The monoisotopic (exact) mass is 398 g/mol. The van der Waals surface area contributed by atoms with Gasteiger partial charge in [0.2, 0.25) is 0 Å². The number of fused-ring (bicyclic) bond motifs is 2. The van der Waals surface area contributed by atoms with Gasteiger partial charge in [-0.3, -0.25) is 4.79 Å². The average molecular weight is 398 g/mol. The van der Waals surface area contributed by atoms with Gasteiger partial charge in [-0.1, -0.05) is 37.6 Å². The van der Waals surface area contributed by atoms with E-state index in [0.717, 1.165) is 12.0 Å². The predicted octanol–water partition coefficient (Wildman–Crippen LogP) is 4.32. The molecule has 2 aliphatic carbocycles. The Morgan fingerprint density at radius 3 is 2.38 bits per heavy atom. The lowest BCUT2D eigenvalue weighted by atomic mass is 9.49. The summed E-state index contributed by atoms with van der Waals surface area (Å²) in [6.07, 6.45) is 3.79. The van der Waals surface area contributed by atoms with Crippen molar-refractivity contribution in [2.24, 2.45) is 17.3 Å². The molecule has 156 valence electrons. The van der Waals surface area contributed by atoms with Crippen LogP contribution in [0.25, 0.3) is 0 Å². The van der Waals surface area contributed by atoms with Gasteiger partial charge >= 0.3 is 11.9 Å². The first-order chi connectivity index (χ1) is 13.7. The molecule has 1 saturated carbocycles. The minimum absolute atomic E-state index is 0.0623. The maximum absolute atomic E-state index is 12.8. The van der Waals surface area contributed by atoms with Crippen molar-refractivity contribution in [1.29, 1.82) is 0 Å². The normalized spacial score (nSPS) is 36.9. The minimum Gasteiger partial charge on any atom is -0.458 e. The van der Waals surface area contributed by atoms with Crippen LogP contribution in [0.4, 0.5) is 0 Å². The molecular weight excluding hydrogens is 368 g/mol. The number of carbonyl (C=O) groups is 2. The Hall–Kier alpha value is -2.14. The lowest BCUT2D eigenvalue weighted by Gasteiger charge is -2.56. The highest BCUT2D eigenvalue weighted by molar-refractivity contribution is 5.89. The van der Waals surface area contributed by atoms with Crippen molar-refractivity contribution in [2.75, 3.05) is 6.61 Å². The van der Waals surface area contributed by atoms with Crippen molar-refractivity contribution in [3.05, 3.63) is 47.5 Å². The van der Waals surface area contributed by atoms with Crippen molar-refractivity contribution in [2.45, 2.75) is 64.8 Å². The number of ether oxygens (including phenoxy) is 3. The third-order valence-corrected chi connectivity index (χ3v) is 6.80. The van der Waals surface area contributed by atoms with Gasteiger partial charge in [0.15, 0.2) is 0 Å². The second-order valence-electron chi connectivity index (χ2n) is 9.56. The third kappa shape index (κ3) is 3.97. The van der Waals surface area contributed by atoms with Gasteiger partial charge in [-0.25, -0.2) is 4.79 Å². The summed E-state index contributed by atoms with van der Waals surface area (Å²) in [5.74, 6) is -0.0708. The van der Waals surface area contributed by atoms with E-state index in [4.69, 9.17) is 14.2 Å². The Kier molecular flexibility index (Phi) is 5.06. The fourth-order valence-corrected chi connectivity index (χ4v) is 5.48. The minimum atomic E-state index is -0.303. The average Bonchev–Trinajstić information content (AvgIpc) is 3.39. The molecule has 0 radical (unpaired) electrons. The highest BCUT2D eigenvalue weighted by Crippen LogP contribution is 2.63. The zero-order valence-corrected chi connectivity index (χ0v) is 17.6. The molecule has 4 rings (SSSR count). The Morgan fingerprint density at radius 2 is 1.79 bits per heavy atom. The molecule has 0 aromatic heterocycles. The molecule has 1 aromatic carbocycles. The van der Waals surface area contributed by atoms with Crippen molar-refractivity contribution in [3.63, 3.8) is 0 Å². The lowest BCUT2D eigenvalue weighted by Crippen LogP contribution is -2.57. The molecule has 5 atom stereocenters. The summed E-state index contributed by atoms with van der Waals surface area (Å²) < 4.78 is 17.7. The second kappa shape index (κ2) is 7.28. The van der Waals surface area contributed by atoms with E-state index in [1.165, 1.54) is 6.92 Å². The number of hydrogen-bond acceptors (Lipinski definition) is 5. The van der Waals surface area contributed by atoms with Gasteiger partial charge in [0.25, 0.3) is 0 Å². The summed E-state index contributed by atoms with van der Waals surface area (Å²) in [5, 5.41) is 0. The summed E-state index contributed by atoms with van der Waals surface area (Å²) in [5.41, 5.74) is 1.42. The van der Waals surface area contributed by atoms with Gasteiger partial charge in [0.1, 0.15) is 12.2 Å². The molecule has 1 aliphatic heterocycles. The number of carbonyl (C=O) groups excluding carboxylic acids is 2. The Labute approximate surface area is 172 Å². The topological polar surface area (TPSA) is 65.1 Å². The molecule has 5 heteroatoms. The fourth-order valence-electron chi connectivity index (χ4n) is 5.48. The highest BCUT2D eigenvalue weighted by atomic mass is 16.6. The van der Waals surface area contributed by atoms with Crippen molar-refractivity contribution in [3.8, 4) is 0 Å². The molecule has 0 N–H and O–H groups in total. The number of epoxide rings is 1. The summed E-state index contributed by atoms with van der Waals surface area (Å²) >= 11 is 0. The van der Waals surface area contributed by atoms with Gasteiger partial charge in [0.05, 0.1) is 17.8 Å². The first-order valence-electron chi connectivity index (χ1n) is 10.4. The van der Waals surface area contributed by atoms with Crippen LogP contribution < -0.4 is 0 Å². The van der Waals surface area contributed by atoms with Crippen LogP contribution in [0.1, 0.15) is 57.3 Å². The largest absolute Gasteiger partial charge is 0.458 e. The maximum atomic E-state index is 12.8. The fraction of sp³-hybridized carbons (Fsp3) is 0.583. The number of esters is 2. The first-order valence-corrected chi connectivity index (χ1v) is 10.4. The predicted molar refractivity (Wildman–Crippen MR) is 108 cm³/mol. The van der Waals surface area contributed by atoms with E-state index in [1.54, 1.807) is 12.1 Å². The zero-order chi connectivity index (χ0) is 20.8. The summed E-state index contributed by atoms with van der Waals surface area (Å²) in [6, 6.07) is 9.14. The van der Waals surface area contributed by atoms with Crippen molar-refractivity contribution >= 4 is 11.9 Å². The Bertz CT molecular complexity index is 821. The van der Waals surface area contributed by atoms with E-state index in [-0.39, 0.29) is 41.1 Å². The van der Waals surface area contributed by atoms with Gasteiger partial charge in [-0.2, -0.15) is 0 Å². The van der Waals surface area contributed by atoms with Crippen LogP contribution in [0, 0.1) is 17.3 Å². The number of hydrogen-bond donors (Lipinski definition) is 0. The van der Waals surface area contributed by atoms with Gasteiger partial charge in [0, 0.05) is 25.7 Å². The molecule has 1 aromatic rings. The van der Waals surface area contributed by atoms with Crippen molar-refractivity contribution in [1.82, 2.24) is 0 Å². The van der Waals surface area contributed by atoms with Gasteiger partial charge in [-0.05, 0) is 42.9 Å². The SMILES string of the molecule is CC(=O)O[C@@H]1/C=C(\C)C[C@H](OC(=O)c2ccccc2)[C@@H]2[C@@H](CC2(C)C)[C@]2(CO2)C1. The van der Waals surface area contributed by atoms with E-state index >= 15 is 0 Å². The standard InChI is InChI=1S/C24H30O5/c1-15-10-18(28-16(2)25)12-24(14-27-24)19-13-23(3,4)21(19)20(11-15)29-22(26)17-8-6-5-7-9-17/h5-10,18-21H,11-14H2,1-4H3/b15-10+/t18-,19-,20+,21+,24-/m1/s1. The van der Waals surface area contributed by atoms with Crippen molar-refractivity contribution < 1.29 is 23.8 Å². The van der Waals surface area contributed by atoms with Crippen LogP contribution in [-0.4, -0.2) is 36.4 Å². The Morgan fingerprint density at radius 1 is 1.10 bits per heavy atom. The van der Waals surface area contributed by atoms with Crippen LogP contribution in [0.5, 0.6) is 0 Å². The molecule has 5 nitrogen and oxygen atoms in total. The van der Waals surface area contributed by atoms with Crippen LogP contribution in [0.2, 0.25) is 0 Å². The molecule has 0 unspecified atom stereocenters. The van der Waals surface area contributed by atoms with Crippen LogP contribution in [0.3, 0.4) is 0 Å². The van der Waals surface area contributed by atoms with E-state index < -0.39 is 0 Å². The van der Waals surface area contributed by atoms with Crippen LogP contribution >= 0.6 is 0 Å². The van der Waals surface area contributed by atoms with Crippen LogP contribution in [0.15, 0.2) is 42.0 Å². The Balaban J connectivity index is 1.64. The molecule has 0 bridgehead atoms. The number of benzene rings is 1. The molecule has 1 saturated heterocycles. The summed E-state index contributed by atoms with van der Waals surface area (Å²) in [7, 11) is 0. The smallest absolute Gasteiger partial charge is 0.338 e. The first kappa shape index (κ1) is 20.1. The second-order valence-corrected chi connectivity index (χ2v) is 9.56. The lowest BCUT2D eigenvalue weighted by molar-refractivity contribution is -0.149. The summed E-state index contributed by atoms with van der Waals surface area (Å²) in [6.45, 7) is 8.62. The van der Waals surface area contributed by atoms with E-state index in [2.05, 4.69) is 13.8 Å². The molecule has 1 spiro atoms. The molecule has 3 aliphatic rings. The van der Waals surface area contributed by atoms with Gasteiger partial charge in [-0.15, -0.1) is 0 Å². The number of rotatable bonds is 3.